The van der Waals surface area contributed by atoms with Gasteiger partial charge in [-0.1, -0.05) is 0 Å². The van der Waals surface area contributed by atoms with E-state index >= 15 is 0 Å². The first-order valence-corrected chi connectivity index (χ1v) is 9.06. The second-order valence-corrected chi connectivity index (χ2v) is 6.69. The van der Waals surface area contributed by atoms with Crippen LogP contribution in [0, 0.1) is 6.92 Å². The summed E-state index contributed by atoms with van der Waals surface area (Å²) in [4.78, 5) is 28.6. The largest absolute Gasteiger partial charge is 0.464 e. The Bertz CT molecular complexity index is 595. The number of furan rings is 1. The molecule has 3 rings (SSSR count). The van der Waals surface area contributed by atoms with Crippen LogP contribution in [0.2, 0.25) is 0 Å². The molecule has 138 valence electrons. The molecule has 2 fully saturated rings. The molecule has 2 saturated heterocycles. The van der Waals surface area contributed by atoms with Gasteiger partial charge in [-0.05, 0) is 38.4 Å². The summed E-state index contributed by atoms with van der Waals surface area (Å²) in [5.74, 6) is 1.49. The third kappa shape index (κ3) is 4.83. The third-order valence-electron chi connectivity index (χ3n) is 4.81. The standard InChI is InChI=1S/C18H27N3O4/c1-14-3-4-15(25-14)13-21-16(5-6-17(21)22)18(23)19-7-2-8-20-9-11-24-12-10-20/h3-4,16H,2,5-13H2,1H3,(H,19,23)/t16-/m1/s1. The molecule has 0 unspecified atom stereocenters. The van der Waals surface area contributed by atoms with Crippen molar-refractivity contribution in [2.75, 3.05) is 39.4 Å². The number of rotatable bonds is 7. The summed E-state index contributed by atoms with van der Waals surface area (Å²) < 4.78 is 10.9. The maximum absolute atomic E-state index is 12.5. The predicted molar refractivity (Wildman–Crippen MR) is 91.9 cm³/mol. The van der Waals surface area contributed by atoms with Crippen molar-refractivity contribution < 1.29 is 18.7 Å². The van der Waals surface area contributed by atoms with Crippen molar-refractivity contribution in [2.45, 2.75) is 38.8 Å². The van der Waals surface area contributed by atoms with E-state index in [4.69, 9.17) is 9.15 Å². The van der Waals surface area contributed by atoms with Gasteiger partial charge in [0.05, 0.1) is 19.8 Å². The first-order valence-electron chi connectivity index (χ1n) is 9.06. The van der Waals surface area contributed by atoms with Gasteiger partial charge in [0.15, 0.2) is 0 Å². The van der Waals surface area contributed by atoms with Crippen molar-refractivity contribution in [3.63, 3.8) is 0 Å². The monoisotopic (exact) mass is 349 g/mol. The Morgan fingerprint density at radius 2 is 2.12 bits per heavy atom. The Labute approximate surface area is 148 Å². The molecule has 0 bridgehead atoms. The second-order valence-electron chi connectivity index (χ2n) is 6.69. The number of ether oxygens (including phenoxy) is 1. The first-order chi connectivity index (χ1) is 12.1. The van der Waals surface area contributed by atoms with E-state index in [1.165, 1.54) is 0 Å². The average molecular weight is 349 g/mol. The van der Waals surface area contributed by atoms with Crippen LogP contribution >= 0.6 is 0 Å². The fourth-order valence-electron chi connectivity index (χ4n) is 3.40. The number of aryl methyl sites for hydroxylation is 1. The molecule has 0 saturated carbocycles. The normalized spacial score (nSPS) is 21.7. The predicted octanol–water partition coefficient (Wildman–Crippen LogP) is 0.918. The zero-order valence-electron chi connectivity index (χ0n) is 14.8. The summed E-state index contributed by atoms with van der Waals surface area (Å²) in [6.45, 7) is 7.32. The molecule has 7 nitrogen and oxygen atoms in total. The van der Waals surface area contributed by atoms with Crippen LogP contribution in [0.25, 0.3) is 0 Å². The lowest BCUT2D eigenvalue weighted by Crippen LogP contribution is -2.45. The van der Waals surface area contributed by atoms with Gasteiger partial charge >= 0.3 is 0 Å². The SMILES string of the molecule is Cc1ccc(CN2C(=O)CC[C@@H]2C(=O)NCCCN2CCOCC2)o1. The van der Waals surface area contributed by atoms with E-state index in [1.807, 2.05) is 19.1 Å². The van der Waals surface area contributed by atoms with Crippen molar-refractivity contribution in [1.82, 2.24) is 15.1 Å². The van der Waals surface area contributed by atoms with Crippen molar-refractivity contribution in [3.05, 3.63) is 23.7 Å². The van der Waals surface area contributed by atoms with E-state index in [1.54, 1.807) is 4.90 Å². The molecule has 0 radical (unpaired) electrons. The highest BCUT2D eigenvalue weighted by Gasteiger charge is 2.36. The lowest BCUT2D eigenvalue weighted by molar-refractivity contribution is -0.136. The van der Waals surface area contributed by atoms with Crippen LogP contribution in [0.5, 0.6) is 0 Å². The summed E-state index contributed by atoms with van der Waals surface area (Å²) in [7, 11) is 0. The number of carbonyl (C=O) groups is 2. The fourth-order valence-corrected chi connectivity index (χ4v) is 3.40. The Hall–Kier alpha value is -1.86. The van der Waals surface area contributed by atoms with Gasteiger partial charge in [0.1, 0.15) is 17.6 Å². The van der Waals surface area contributed by atoms with Gasteiger partial charge in [-0.3, -0.25) is 14.5 Å². The van der Waals surface area contributed by atoms with E-state index < -0.39 is 0 Å². The van der Waals surface area contributed by atoms with Crippen molar-refractivity contribution in [1.29, 1.82) is 0 Å². The minimum atomic E-state index is -0.388. The van der Waals surface area contributed by atoms with Crippen molar-refractivity contribution in [2.24, 2.45) is 0 Å². The third-order valence-corrected chi connectivity index (χ3v) is 4.81. The molecule has 1 atom stereocenters. The lowest BCUT2D eigenvalue weighted by Gasteiger charge is -2.27. The number of carbonyl (C=O) groups excluding carboxylic acids is 2. The van der Waals surface area contributed by atoms with E-state index in [2.05, 4.69) is 10.2 Å². The van der Waals surface area contributed by atoms with Crippen LogP contribution in [0.3, 0.4) is 0 Å². The second kappa shape index (κ2) is 8.49. The summed E-state index contributed by atoms with van der Waals surface area (Å²) >= 11 is 0. The summed E-state index contributed by atoms with van der Waals surface area (Å²) in [6.07, 6.45) is 1.91. The quantitative estimate of drug-likeness (QED) is 0.741. The molecule has 2 aliphatic rings. The Morgan fingerprint density at radius 3 is 2.84 bits per heavy atom. The van der Waals surface area contributed by atoms with Gasteiger partial charge in [0, 0.05) is 26.1 Å². The van der Waals surface area contributed by atoms with Crippen LogP contribution in [-0.4, -0.2) is 67.0 Å². The summed E-state index contributed by atoms with van der Waals surface area (Å²) in [5.41, 5.74) is 0. The van der Waals surface area contributed by atoms with Gasteiger partial charge in [0.25, 0.3) is 0 Å². The van der Waals surface area contributed by atoms with Gasteiger partial charge in [0.2, 0.25) is 11.8 Å². The minimum Gasteiger partial charge on any atom is -0.464 e. The smallest absolute Gasteiger partial charge is 0.242 e. The molecule has 1 aromatic heterocycles. The number of hydrogen-bond acceptors (Lipinski definition) is 5. The highest BCUT2D eigenvalue weighted by molar-refractivity contribution is 5.90. The fraction of sp³-hybridized carbons (Fsp3) is 0.667. The molecular weight excluding hydrogens is 322 g/mol. The highest BCUT2D eigenvalue weighted by atomic mass is 16.5. The topological polar surface area (TPSA) is 75.0 Å². The molecular formula is C18H27N3O4. The van der Waals surface area contributed by atoms with Crippen LogP contribution in [0.4, 0.5) is 0 Å². The zero-order valence-corrected chi connectivity index (χ0v) is 14.8. The van der Waals surface area contributed by atoms with Gasteiger partial charge in [-0.15, -0.1) is 0 Å². The number of nitrogens with zero attached hydrogens (tertiary/aromatic N) is 2. The van der Waals surface area contributed by atoms with Crippen LogP contribution < -0.4 is 5.32 Å². The lowest BCUT2D eigenvalue weighted by atomic mass is 10.2. The number of nitrogens with one attached hydrogen (secondary N) is 1. The first kappa shape index (κ1) is 17.9. The van der Waals surface area contributed by atoms with E-state index in [-0.39, 0.29) is 17.9 Å². The number of amides is 2. The molecule has 3 heterocycles. The molecule has 0 spiro atoms. The van der Waals surface area contributed by atoms with Crippen molar-refractivity contribution >= 4 is 11.8 Å². The molecule has 1 aromatic rings. The van der Waals surface area contributed by atoms with Crippen LogP contribution in [0.15, 0.2) is 16.5 Å². The van der Waals surface area contributed by atoms with Gasteiger partial charge in [-0.25, -0.2) is 0 Å². The zero-order chi connectivity index (χ0) is 17.6. The number of hydrogen-bond donors (Lipinski definition) is 1. The van der Waals surface area contributed by atoms with Gasteiger partial charge < -0.3 is 19.4 Å². The molecule has 2 amide bonds. The Morgan fingerprint density at radius 1 is 1.32 bits per heavy atom. The van der Waals surface area contributed by atoms with E-state index in [0.717, 1.165) is 50.8 Å². The van der Waals surface area contributed by atoms with Crippen LogP contribution in [-0.2, 0) is 20.9 Å². The highest BCUT2D eigenvalue weighted by Crippen LogP contribution is 2.22. The van der Waals surface area contributed by atoms with Gasteiger partial charge in [-0.2, -0.15) is 0 Å². The number of likely N-dealkylation sites (tertiary alicyclic amines) is 1. The average Bonchev–Trinajstić information content (AvgIpc) is 3.19. The summed E-state index contributed by atoms with van der Waals surface area (Å²) in [5, 5.41) is 2.98. The van der Waals surface area contributed by atoms with E-state index in [0.29, 0.717) is 25.9 Å². The van der Waals surface area contributed by atoms with Crippen LogP contribution in [0.1, 0.15) is 30.8 Å². The van der Waals surface area contributed by atoms with E-state index in [9.17, 15) is 9.59 Å². The Kier molecular flexibility index (Phi) is 6.09. The molecule has 0 aromatic carbocycles. The number of morpholine rings is 1. The molecule has 2 aliphatic heterocycles. The molecule has 1 N–H and O–H groups in total. The minimum absolute atomic E-state index is 0.0162. The molecule has 0 aliphatic carbocycles. The summed E-state index contributed by atoms with van der Waals surface area (Å²) in [6, 6.07) is 3.34. The maximum atomic E-state index is 12.5. The molecule has 7 heteroatoms. The maximum Gasteiger partial charge on any atom is 0.242 e. The Balaban J connectivity index is 1.44. The van der Waals surface area contributed by atoms with Crippen molar-refractivity contribution in [3.8, 4) is 0 Å². The molecule has 25 heavy (non-hydrogen) atoms.